The Hall–Kier alpha value is -1.52. The van der Waals surface area contributed by atoms with Crippen molar-refractivity contribution in [1.82, 2.24) is 4.98 Å². The lowest BCUT2D eigenvalue weighted by atomic mass is 10.1. The normalized spacial score (nSPS) is 10.8. The third kappa shape index (κ3) is 3.70. The third-order valence-corrected chi connectivity index (χ3v) is 6.16. The number of Topliss-reactive ketones (excluding diaryl/α,β-unsaturated/α-hetero) is 1. The van der Waals surface area contributed by atoms with Crippen molar-refractivity contribution in [2.75, 3.05) is 5.75 Å². The first-order valence-electron chi connectivity index (χ1n) is 6.50. The minimum Gasteiger partial charge on any atom is -0.293 e. The number of carbonyl (C=O) groups excluding carboxylic acids is 1. The minimum atomic E-state index is -0.473. The molecule has 0 saturated heterocycles. The van der Waals surface area contributed by atoms with Gasteiger partial charge in [0.05, 0.1) is 24.5 Å². The van der Waals surface area contributed by atoms with E-state index < -0.39 is 4.92 Å². The molecule has 3 rings (SSSR count). The molecule has 116 valence electrons. The molecule has 2 aromatic carbocycles. The zero-order valence-corrected chi connectivity index (χ0v) is 15.4. The monoisotopic (exact) mass is 456 g/mol. The molecule has 0 N–H and O–H groups in total. The van der Waals surface area contributed by atoms with E-state index in [1.54, 1.807) is 12.1 Å². The van der Waals surface area contributed by atoms with Gasteiger partial charge in [-0.1, -0.05) is 23.9 Å². The third-order valence-electron chi connectivity index (χ3n) is 3.07. The average molecular weight is 456 g/mol. The van der Waals surface area contributed by atoms with Crippen molar-refractivity contribution in [3.05, 3.63) is 61.7 Å². The van der Waals surface area contributed by atoms with Gasteiger partial charge in [0, 0.05) is 11.6 Å². The number of halogens is 1. The average Bonchev–Trinajstić information content (AvgIpc) is 2.95. The van der Waals surface area contributed by atoms with Crippen molar-refractivity contribution < 1.29 is 9.72 Å². The maximum absolute atomic E-state index is 12.3. The van der Waals surface area contributed by atoms with E-state index >= 15 is 0 Å². The van der Waals surface area contributed by atoms with Crippen LogP contribution in [-0.4, -0.2) is 21.4 Å². The lowest BCUT2D eigenvalue weighted by molar-refractivity contribution is -0.385. The lowest BCUT2D eigenvalue weighted by Crippen LogP contribution is -2.04. The van der Waals surface area contributed by atoms with Gasteiger partial charge in [-0.2, -0.15) is 0 Å². The highest BCUT2D eigenvalue weighted by atomic mass is 127. The van der Waals surface area contributed by atoms with Crippen LogP contribution in [-0.2, 0) is 0 Å². The van der Waals surface area contributed by atoms with E-state index in [1.165, 1.54) is 29.2 Å². The maximum Gasteiger partial charge on any atom is 0.283 e. The van der Waals surface area contributed by atoms with E-state index in [1.807, 2.05) is 46.9 Å². The molecule has 0 aliphatic rings. The van der Waals surface area contributed by atoms with Crippen molar-refractivity contribution in [3.8, 4) is 0 Å². The number of thioether (sulfide) groups is 1. The summed E-state index contributed by atoms with van der Waals surface area (Å²) in [4.78, 5) is 27.2. The Morgan fingerprint density at radius 1 is 1.30 bits per heavy atom. The van der Waals surface area contributed by atoms with Crippen LogP contribution in [0.15, 0.2) is 46.8 Å². The molecule has 0 aliphatic heterocycles. The molecule has 0 fully saturated rings. The van der Waals surface area contributed by atoms with Crippen molar-refractivity contribution in [2.45, 2.75) is 4.34 Å². The molecule has 8 heteroatoms. The molecule has 23 heavy (non-hydrogen) atoms. The molecule has 1 heterocycles. The van der Waals surface area contributed by atoms with Gasteiger partial charge in [0.15, 0.2) is 10.1 Å². The number of para-hydroxylation sites is 1. The summed E-state index contributed by atoms with van der Waals surface area (Å²) < 4.78 is 2.41. The number of aromatic nitrogens is 1. The number of nitrogens with zero attached hydrogens (tertiary/aromatic N) is 2. The molecule has 1 aromatic heterocycles. The zero-order valence-electron chi connectivity index (χ0n) is 11.6. The smallest absolute Gasteiger partial charge is 0.283 e. The van der Waals surface area contributed by atoms with Gasteiger partial charge in [-0.25, -0.2) is 4.98 Å². The number of thiazole rings is 1. The van der Waals surface area contributed by atoms with Crippen LogP contribution in [0, 0.1) is 13.7 Å². The number of hydrogen-bond acceptors (Lipinski definition) is 6. The number of rotatable bonds is 5. The first-order valence-corrected chi connectivity index (χ1v) is 9.38. The highest BCUT2D eigenvalue weighted by Gasteiger charge is 2.16. The number of benzene rings is 2. The van der Waals surface area contributed by atoms with Gasteiger partial charge < -0.3 is 0 Å². The number of carbonyl (C=O) groups is 1. The quantitative estimate of drug-likeness (QED) is 0.182. The maximum atomic E-state index is 12.3. The first-order chi connectivity index (χ1) is 11.0. The molecule has 0 spiro atoms. The molecule has 0 unspecified atom stereocenters. The van der Waals surface area contributed by atoms with Crippen LogP contribution in [0.4, 0.5) is 5.69 Å². The highest BCUT2D eigenvalue weighted by molar-refractivity contribution is 14.1. The second-order valence-corrected chi connectivity index (χ2v) is 8.00. The number of nitro groups is 1. The molecule has 0 saturated carbocycles. The van der Waals surface area contributed by atoms with Crippen LogP contribution in [0.5, 0.6) is 0 Å². The molecule has 0 amide bonds. The summed E-state index contributed by atoms with van der Waals surface area (Å²) in [5, 5.41) is 11.0. The predicted molar refractivity (Wildman–Crippen MR) is 100 cm³/mol. The summed E-state index contributed by atoms with van der Waals surface area (Å²) in [6.07, 6.45) is 0. The Kier molecular flexibility index (Phi) is 4.93. The summed E-state index contributed by atoms with van der Waals surface area (Å²) in [6.45, 7) is 0. The second-order valence-electron chi connectivity index (χ2n) is 4.58. The SMILES string of the molecule is O=C(CSc1nc2ccccc2s1)c1ccc(I)c([N+](=O)[O-])c1. The van der Waals surface area contributed by atoms with Gasteiger partial charge >= 0.3 is 0 Å². The van der Waals surface area contributed by atoms with Gasteiger partial charge in [-0.05, 0) is 46.9 Å². The number of nitro benzene ring substituents is 1. The Bertz CT molecular complexity index is 878. The molecule has 5 nitrogen and oxygen atoms in total. The van der Waals surface area contributed by atoms with Gasteiger partial charge in [0.2, 0.25) is 0 Å². The second kappa shape index (κ2) is 6.93. The Labute approximate surface area is 153 Å². The summed E-state index contributed by atoms with van der Waals surface area (Å²) >= 11 is 4.78. The van der Waals surface area contributed by atoms with Crippen LogP contribution in [0.2, 0.25) is 0 Å². The fourth-order valence-corrected chi connectivity index (χ4v) is 4.44. The Balaban J connectivity index is 1.74. The summed E-state index contributed by atoms with van der Waals surface area (Å²) in [6, 6.07) is 12.3. The molecule has 0 radical (unpaired) electrons. The van der Waals surface area contributed by atoms with E-state index in [4.69, 9.17) is 0 Å². The van der Waals surface area contributed by atoms with E-state index in [2.05, 4.69) is 4.98 Å². The number of ketones is 1. The Morgan fingerprint density at radius 3 is 2.83 bits per heavy atom. The predicted octanol–water partition coefficient (Wildman–Crippen LogP) is 4.78. The molecular weight excluding hydrogens is 447 g/mol. The molecule has 3 aromatic rings. The van der Waals surface area contributed by atoms with Crippen molar-refractivity contribution >= 4 is 67.4 Å². The number of fused-ring (bicyclic) bond motifs is 1. The lowest BCUT2D eigenvalue weighted by Gasteiger charge is -2.01. The summed E-state index contributed by atoms with van der Waals surface area (Å²) in [5.74, 6) is 0.0613. The van der Waals surface area contributed by atoms with Crippen LogP contribution in [0.1, 0.15) is 10.4 Å². The summed E-state index contributed by atoms with van der Waals surface area (Å²) in [7, 11) is 0. The van der Waals surface area contributed by atoms with Crippen LogP contribution >= 0.6 is 45.7 Å². The zero-order chi connectivity index (χ0) is 16.4. The number of hydrogen-bond donors (Lipinski definition) is 0. The van der Waals surface area contributed by atoms with E-state index in [0.717, 1.165) is 14.6 Å². The van der Waals surface area contributed by atoms with Gasteiger partial charge in [-0.3, -0.25) is 14.9 Å². The fraction of sp³-hybridized carbons (Fsp3) is 0.0667. The fourth-order valence-electron chi connectivity index (χ4n) is 1.95. The van der Waals surface area contributed by atoms with E-state index in [9.17, 15) is 14.9 Å². The Morgan fingerprint density at radius 2 is 2.09 bits per heavy atom. The van der Waals surface area contributed by atoms with Crippen molar-refractivity contribution in [3.63, 3.8) is 0 Å². The standard InChI is InChI=1S/C15H9IN2O3S2/c16-10-6-5-9(7-12(10)18(20)21)13(19)8-22-15-17-11-3-1-2-4-14(11)23-15/h1-7H,8H2. The molecule has 0 aliphatic carbocycles. The minimum absolute atomic E-state index is 0.0403. The first kappa shape index (κ1) is 16.3. The van der Waals surface area contributed by atoms with Gasteiger partial charge in [0.1, 0.15) is 0 Å². The largest absolute Gasteiger partial charge is 0.293 e. The van der Waals surface area contributed by atoms with Crippen molar-refractivity contribution in [1.29, 1.82) is 0 Å². The van der Waals surface area contributed by atoms with E-state index in [0.29, 0.717) is 9.13 Å². The van der Waals surface area contributed by atoms with Crippen LogP contribution in [0.3, 0.4) is 0 Å². The highest BCUT2D eigenvalue weighted by Crippen LogP contribution is 2.30. The molecule has 0 atom stereocenters. The molecular formula is C15H9IN2O3S2. The van der Waals surface area contributed by atoms with Gasteiger partial charge in [0.25, 0.3) is 5.69 Å². The van der Waals surface area contributed by atoms with Crippen LogP contribution in [0.25, 0.3) is 10.2 Å². The van der Waals surface area contributed by atoms with Gasteiger partial charge in [-0.15, -0.1) is 11.3 Å². The topological polar surface area (TPSA) is 73.1 Å². The van der Waals surface area contributed by atoms with E-state index in [-0.39, 0.29) is 17.2 Å². The summed E-state index contributed by atoms with van der Waals surface area (Å²) in [5.41, 5.74) is 1.23. The molecule has 0 bridgehead atoms. The van der Waals surface area contributed by atoms with Crippen LogP contribution < -0.4 is 0 Å². The van der Waals surface area contributed by atoms with Crippen molar-refractivity contribution in [2.24, 2.45) is 0 Å².